The quantitative estimate of drug-likeness (QED) is 0.674. The number of aromatic nitrogens is 2. The Labute approximate surface area is 122 Å². The lowest BCUT2D eigenvalue weighted by molar-refractivity contribution is -0.384. The fourth-order valence-corrected chi connectivity index (χ4v) is 2.88. The topological polar surface area (TPSA) is 102 Å². The predicted molar refractivity (Wildman–Crippen MR) is 76.6 cm³/mol. The fourth-order valence-electron chi connectivity index (χ4n) is 2.88. The van der Waals surface area contributed by atoms with Crippen LogP contribution in [-0.2, 0) is 4.79 Å². The van der Waals surface area contributed by atoms with Crippen LogP contribution in [0.1, 0.15) is 45.3 Å². The van der Waals surface area contributed by atoms with Crippen LogP contribution in [0.5, 0.6) is 0 Å². The molecule has 1 aliphatic heterocycles. The summed E-state index contributed by atoms with van der Waals surface area (Å²) in [6.45, 7) is 7.40. The minimum absolute atomic E-state index is 0.0916. The van der Waals surface area contributed by atoms with Crippen LogP contribution in [-0.4, -0.2) is 37.9 Å². The van der Waals surface area contributed by atoms with Gasteiger partial charge in [-0.25, -0.2) is 9.48 Å². The number of nitrogens with zero attached hydrogens (tertiary/aromatic N) is 4. The first-order chi connectivity index (χ1) is 9.70. The molecule has 0 radical (unpaired) electrons. The smallest absolute Gasteiger partial charge is 0.333 e. The van der Waals surface area contributed by atoms with Crippen molar-refractivity contribution in [1.29, 1.82) is 0 Å². The summed E-state index contributed by atoms with van der Waals surface area (Å²) in [5.74, 6) is -0.668. The molecule has 0 aliphatic carbocycles. The molecule has 8 nitrogen and oxygen atoms in total. The monoisotopic (exact) mass is 296 g/mol. The molecule has 0 bridgehead atoms. The highest BCUT2D eigenvalue weighted by Gasteiger charge is 2.48. The van der Waals surface area contributed by atoms with E-state index in [1.165, 1.54) is 0 Å². The molecule has 0 spiro atoms. The van der Waals surface area contributed by atoms with Crippen LogP contribution in [0, 0.1) is 17.0 Å². The van der Waals surface area contributed by atoms with Gasteiger partial charge in [-0.2, -0.15) is 5.10 Å². The van der Waals surface area contributed by atoms with Gasteiger partial charge in [-0.1, -0.05) is 0 Å². The average Bonchev–Trinajstić information content (AvgIpc) is 2.90. The van der Waals surface area contributed by atoms with Crippen molar-refractivity contribution in [2.75, 3.05) is 11.4 Å². The summed E-state index contributed by atoms with van der Waals surface area (Å²) in [5.41, 5.74) is -0.925. The van der Waals surface area contributed by atoms with Gasteiger partial charge >= 0.3 is 11.7 Å². The molecule has 1 aromatic heterocycles. The van der Waals surface area contributed by atoms with E-state index in [4.69, 9.17) is 0 Å². The zero-order chi connectivity index (χ0) is 15.9. The predicted octanol–water partition coefficient (Wildman–Crippen LogP) is 2.12. The van der Waals surface area contributed by atoms with Crippen molar-refractivity contribution in [2.45, 2.75) is 52.1 Å². The van der Waals surface area contributed by atoms with E-state index in [-0.39, 0.29) is 11.7 Å². The minimum atomic E-state index is -1.14. The van der Waals surface area contributed by atoms with Crippen LogP contribution in [0.2, 0.25) is 0 Å². The molecule has 1 N–H and O–H groups in total. The summed E-state index contributed by atoms with van der Waals surface area (Å²) in [6.07, 6.45) is 1.14. The van der Waals surface area contributed by atoms with E-state index < -0.39 is 16.4 Å². The van der Waals surface area contributed by atoms with Crippen molar-refractivity contribution < 1.29 is 14.8 Å². The maximum Gasteiger partial charge on any atom is 0.333 e. The first-order valence-corrected chi connectivity index (χ1v) is 6.94. The molecule has 8 heteroatoms. The molecule has 1 saturated heterocycles. The normalized spacial score (nSPS) is 22.0. The van der Waals surface area contributed by atoms with Gasteiger partial charge < -0.3 is 10.0 Å². The molecule has 1 atom stereocenters. The Hall–Kier alpha value is -2.12. The number of nitro groups is 1. The fraction of sp³-hybridized carbons (Fsp3) is 0.692. The molecule has 0 amide bonds. The highest BCUT2D eigenvalue weighted by atomic mass is 16.6. The van der Waals surface area contributed by atoms with Gasteiger partial charge in [-0.05, 0) is 40.5 Å². The van der Waals surface area contributed by atoms with Crippen LogP contribution < -0.4 is 4.90 Å². The number of aliphatic carboxylic acids is 1. The van der Waals surface area contributed by atoms with Gasteiger partial charge in [0.15, 0.2) is 0 Å². The molecule has 1 aliphatic rings. The number of carbonyl (C=O) groups is 1. The van der Waals surface area contributed by atoms with Gasteiger partial charge in [0.25, 0.3) is 0 Å². The van der Waals surface area contributed by atoms with Crippen LogP contribution in [0.3, 0.4) is 0 Å². The van der Waals surface area contributed by atoms with Crippen LogP contribution in [0.4, 0.5) is 11.5 Å². The molecule has 0 aromatic carbocycles. The summed E-state index contributed by atoms with van der Waals surface area (Å²) in [4.78, 5) is 24.2. The third-order valence-electron chi connectivity index (χ3n) is 4.06. The van der Waals surface area contributed by atoms with Crippen molar-refractivity contribution in [3.63, 3.8) is 0 Å². The Morgan fingerprint density at radius 2 is 2.14 bits per heavy atom. The summed E-state index contributed by atoms with van der Waals surface area (Å²) >= 11 is 0. The van der Waals surface area contributed by atoms with Crippen molar-refractivity contribution in [3.05, 3.63) is 15.8 Å². The van der Waals surface area contributed by atoms with Crippen molar-refractivity contribution in [3.8, 4) is 0 Å². The van der Waals surface area contributed by atoms with E-state index in [0.717, 1.165) is 0 Å². The minimum Gasteiger partial charge on any atom is -0.480 e. The Balaban J connectivity index is 2.67. The van der Waals surface area contributed by atoms with Gasteiger partial charge in [-0.3, -0.25) is 10.1 Å². The SMILES string of the molecule is Cc1nn(C(C)C)c(N2CCCC2(C)C(=O)O)c1[N+](=O)[O-]. The number of hydrogen-bond donors (Lipinski definition) is 1. The second-order valence-corrected chi connectivity index (χ2v) is 5.89. The maximum absolute atomic E-state index is 11.6. The summed E-state index contributed by atoms with van der Waals surface area (Å²) in [5, 5.41) is 25.2. The van der Waals surface area contributed by atoms with Gasteiger partial charge in [0.2, 0.25) is 5.82 Å². The first-order valence-electron chi connectivity index (χ1n) is 6.94. The largest absolute Gasteiger partial charge is 0.480 e. The standard InChI is InChI=1S/C13H20N4O4/c1-8(2)16-11(10(17(20)21)9(3)14-16)15-7-5-6-13(15,4)12(18)19/h8H,5-7H2,1-4H3,(H,18,19). The van der Waals surface area contributed by atoms with E-state index in [1.54, 1.807) is 23.4 Å². The highest BCUT2D eigenvalue weighted by Crippen LogP contribution is 2.41. The lowest BCUT2D eigenvalue weighted by Gasteiger charge is -2.33. The zero-order valence-corrected chi connectivity index (χ0v) is 12.7. The molecule has 116 valence electrons. The number of anilines is 1. The molecule has 21 heavy (non-hydrogen) atoms. The summed E-state index contributed by atoms with van der Waals surface area (Å²) in [6, 6.07) is -0.0916. The molecule has 0 saturated carbocycles. The van der Waals surface area contributed by atoms with Gasteiger partial charge in [0.1, 0.15) is 11.2 Å². The van der Waals surface area contributed by atoms with Crippen molar-refractivity contribution in [2.24, 2.45) is 0 Å². The molecule has 1 fully saturated rings. The lowest BCUT2D eigenvalue weighted by atomic mass is 9.99. The van der Waals surface area contributed by atoms with E-state index in [0.29, 0.717) is 30.9 Å². The second kappa shape index (κ2) is 5.01. The third-order valence-corrected chi connectivity index (χ3v) is 4.06. The molecule has 2 heterocycles. The number of hydrogen-bond acceptors (Lipinski definition) is 5. The molecular weight excluding hydrogens is 276 g/mol. The first kappa shape index (κ1) is 15.3. The molecule has 1 unspecified atom stereocenters. The van der Waals surface area contributed by atoms with Crippen LogP contribution in [0.15, 0.2) is 0 Å². The number of aryl methyl sites for hydroxylation is 1. The number of rotatable bonds is 4. The number of carboxylic acid groups (broad SMARTS) is 1. The summed E-state index contributed by atoms with van der Waals surface area (Å²) < 4.78 is 1.56. The average molecular weight is 296 g/mol. The zero-order valence-electron chi connectivity index (χ0n) is 12.7. The van der Waals surface area contributed by atoms with E-state index in [9.17, 15) is 20.0 Å². The molecule has 1 aromatic rings. The van der Waals surface area contributed by atoms with E-state index in [2.05, 4.69) is 5.10 Å². The highest BCUT2D eigenvalue weighted by molar-refractivity contribution is 5.85. The van der Waals surface area contributed by atoms with Crippen molar-refractivity contribution >= 4 is 17.5 Å². The van der Waals surface area contributed by atoms with Gasteiger partial charge in [0.05, 0.1) is 4.92 Å². The second-order valence-electron chi connectivity index (χ2n) is 5.89. The third kappa shape index (κ3) is 2.24. The Morgan fingerprint density at radius 3 is 2.62 bits per heavy atom. The number of carboxylic acids is 1. The van der Waals surface area contributed by atoms with Crippen LogP contribution in [0.25, 0.3) is 0 Å². The summed E-state index contributed by atoms with van der Waals surface area (Å²) in [7, 11) is 0. The molecular formula is C13H20N4O4. The van der Waals surface area contributed by atoms with Gasteiger partial charge in [-0.15, -0.1) is 0 Å². The Bertz CT molecular complexity index is 595. The Morgan fingerprint density at radius 1 is 1.52 bits per heavy atom. The van der Waals surface area contributed by atoms with E-state index in [1.807, 2.05) is 13.8 Å². The molecule has 2 rings (SSSR count). The van der Waals surface area contributed by atoms with E-state index >= 15 is 0 Å². The maximum atomic E-state index is 11.6. The lowest BCUT2D eigenvalue weighted by Crippen LogP contribution is -2.49. The van der Waals surface area contributed by atoms with Crippen molar-refractivity contribution in [1.82, 2.24) is 9.78 Å². The Kier molecular flexibility index (Phi) is 3.65. The van der Waals surface area contributed by atoms with Crippen LogP contribution >= 0.6 is 0 Å². The van der Waals surface area contributed by atoms with Gasteiger partial charge in [0, 0.05) is 12.6 Å².